The summed E-state index contributed by atoms with van der Waals surface area (Å²) in [5.74, 6) is -0.0680. The van der Waals surface area contributed by atoms with Gasteiger partial charge in [0.15, 0.2) is 0 Å². The Morgan fingerprint density at radius 3 is 2.36 bits per heavy atom. The number of anilines is 1. The van der Waals surface area contributed by atoms with Crippen LogP contribution in [0.25, 0.3) is 0 Å². The van der Waals surface area contributed by atoms with Gasteiger partial charge in [0.2, 0.25) is 5.91 Å². The van der Waals surface area contributed by atoms with Crippen LogP contribution < -0.4 is 5.32 Å². The largest absolute Gasteiger partial charge is 0.325 e. The van der Waals surface area contributed by atoms with E-state index in [1.54, 1.807) is 12.1 Å². The molecule has 0 aliphatic carbocycles. The maximum Gasteiger partial charge on any atom is 0.269 e. The number of non-ortho nitro benzene ring substituents is 1. The number of nitrogens with zero attached hydrogens (tertiary/aromatic N) is 2. The van der Waals surface area contributed by atoms with Gasteiger partial charge in [-0.15, -0.1) is 0 Å². The second-order valence-electron chi connectivity index (χ2n) is 5.93. The number of nitro groups is 1. The third kappa shape index (κ3) is 5.39. The third-order valence-electron chi connectivity index (χ3n) is 4.01. The highest BCUT2D eigenvalue weighted by molar-refractivity contribution is 5.94. The maximum absolute atomic E-state index is 12.5. The predicted molar refractivity (Wildman–Crippen MR) is 98.3 cm³/mol. The van der Waals surface area contributed by atoms with Crippen LogP contribution in [0.4, 0.5) is 11.4 Å². The van der Waals surface area contributed by atoms with Gasteiger partial charge >= 0.3 is 0 Å². The molecule has 2 rings (SSSR count). The molecule has 0 fully saturated rings. The molecule has 0 aliphatic rings. The lowest BCUT2D eigenvalue weighted by Gasteiger charge is -2.28. The number of nitrogens with one attached hydrogen (secondary N) is 1. The standard InChI is InChI=1S/C19H23N3O3/c1-3-13-21(14-16-9-11-18(12-10-16)22(24)25)15(2)19(23)20-17-7-5-4-6-8-17/h4-12,15H,3,13-14H2,1-2H3,(H,20,23). The maximum atomic E-state index is 12.5. The van der Waals surface area contributed by atoms with Crippen molar-refractivity contribution in [2.45, 2.75) is 32.9 Å². The molecule has 132 valence electrons. The Kier molecular flexibility index (Phi) is 6.65. The molecule has 1 amide bonds. The van der Waals surface area contributed by atoms with Gasteiger partial charge < -0.3 is 5.32 Å². The van der Waals surface area contributed by atoms with Gasteiger partial charge in [0.1, 0.15) is 0 Å². The molecule has 0 spiro atoms. The zero-order valence-electron chi connectivity index (χ0n) is 14.5. The second kappa shape index (κ2) is 8.94. The topological polar surface area (TPSA) is 75.5 Å². The number of nitro benzene ring substituents is 1. The van der Waals surface area contributed by atoms with Gasteiger partial charge in [-0.3, -0.25) is 19.8 Å². The lowest BCUT2D eigenvalue weighted by Crippen LogP contribution is -2.42. The van der Waals surface area contributed by atoms with Crippen LogP contribution in [-0.4, -0.2) is 28.3 Å². The Labute approximate surface area is 147 Å². The van der Waals surface area contributed by atoms with Crippen LogP contribution in [0.3, 0.4) is 0 Å². The molecule has 0 saturated heterocycles. The highest BCUT2D eigenvalue weighted by Crippen LogP contribution is 2.16. The van der Waals surface area contributed by atoms with Crippen LogP contribution in [0.15, 0.2) is 54.6 Å². The molecule has 6 nitrogen and oxygen atoms in total. The van der Waals surface area contributed by atoms with Crippen LogP contribution in [0.1, 0.15) is 25.8 Å². The molecule has 0 saturated carbocycles. The van der Waals surface area contributed by atoms with E-state index in [1.807, 2.05) is 37.3 Å². The number of benzene rings is 2. The van der Waals surface area contributed by atoms with Crippen molar-refractivity contribution in [3.8, 4) is 0 Å². The lowest BCUT2D eigenvalue weighted by molar-refractivity contribution is -0.384. The molecule has 6 heteroatoms. The van der Waals surface area contributed by atoms with E-state index >= 15 is 0 Å². The van der Waals surface area contributed by atoms with Crippen LogP contribution in [0.2, 0.25) is 0 Å². The minimum atomic E-state index is -0.413. The van der Waals surface area contributed by atoms with Crippen LogP contribution in [0, 0.1) is 10.1 Å². The fourth-order valence-corrected chi connectivity index (χ4v) is 2.59. The summed E-state index contributed by atoms with van der Waals surface area (Å²) in [7, 11) is 0. The number of carbonyl (C=O) groups is 1. The molecule has 1 N–H and O–H groups in total. The Morgan fingerprint density at radius 1 is 1.16 bits per heavy atom. The Balaban J connectivity index is 2.05. The normalized spacial score (nSPS) is 12.0. The Hall–Kier alpha value is -2.73. The van der Waals surface area contributed by atoms with Crippen LogP contribution >= 0.6 is 0 Å². The summed E-state index contributed by atoms with van der Waals surface area (Å²) in [5.41, 5.74) is 1.78. The number of amides is 1. The first kappa shape index (κ1) is 18.6. The number of hydrogen-bond donors (Lipinski definition) is 1. The summed E-state index contributed by atoms with van der Waals surface area (Å²) in [5, 5.41) is 13.7. The van der Waals surface area contributed by atoms with Crippen molar-refractivity contribution in [1.29, 1.82) is 0 Å². The minimum absolute atomic E-state index is 0.0680. The molecule has 0 radical (unpaired) electrons. The van der Waals surface area contributed by atoms with Gasteiger partial charge in [-0.25, -0.2) is 0 Å². The number of para-hydroxylation sites is 1. The van der Waals surface area contributed by atoms with E-state index in [0.29, 0.717) is 6.54 Å². The number of carbonyl (C=O) groups excluding carboxylic acids is 1. The Bertz CT molecular complexity index is 702. The van der Waals surface area contributed by atoms with E-state index < -0.39 is 4.92 Å². The molecular formula is C19H23N3O3. The summed E-state index contributed by atoms with van der Waals surface area (Å²) in [6.07, 6.45) is 0.913. The molecule has 0 bridgehead atoms. The highest BCUT2D eigenvalue weighted by Gasteiger charge is 2.21. The van der Waals surface area contributed by atoms with E-state index in [-0.39, 0.29) is 17.6 Å². The van der Waals surface area contributed by atoms with E-state index in [4.69, 9.17) is 0 Å². The van der Waals surface area contributed by atoms with Gasteiger partial charge in [0, 0.05) is 24.4 Å². The first-order valence-corrected chi connectivity index (χ1v) is 8.34. The number of hydrogen-bond acceptors (Lipinski definition) is 4. The van der Waals surface area contributed by atoms with Crippen molar-refractivity contribution in [3.05, 3.63) is 70.3 Å². The van der Waals surface area contributed by atoms with E-state index in [1.165, 1.54) is 12.1 Å². The first-order valence-electron chi connectivity index (χ1n) is 8.34. The summed E-state index contributed by atoms with van der Waals surface area (Å²) in [4.78, 5) is 24.9. The fraction of sp³-hybridized carbons (Fsp3) is 0.316. The van der Waals surface area contributed by atoms with Gasteiger partial charge in [0.25, 0.3) is 5.69 Å². The summed E-state index contributed by atoms with van der Waals surface area (Å²) < 4.78 is 0. The van der Waals surface area contributed by atoms with Crippen molar-refractivity contribution in [1.82, 2.24) is 4.90 Å². The van der Waals surface area contributed by atoms with Gasteiger partial charge in [-0.2, -0.15) is 0 Å². The van der Waals surface area contributed by atoms with E-state index in [2.05, 4.69) is 17.1 Å². The van der Waals surface area contributed by atoms with Crippen molar-refractivity contribution in [3.63, 3.8) is 0 Å². The molecule has 2 aromatic carbocycles. The summed E-state index contributed by atoms with van der Waals surface area (Å²) in [6.45, 7) is 5.26. The SMILES string of the molecule is CCCN(Cc1ccc([N+](=O)[O-])cc1)C(C)C(=O)Nc1ccccc1. The summed E-state index contributed by atoms with van der Waals surface area (Å²) >= 11 is 0. The quantitative estimate of drug-likeness (QED) is 0.585. The third-order valence-corrected chi connectivity index (χ3v) is 4.01. The molecule has 2 aromatic rings. The monoisotopic (exact) mass is 341 g/mol. The average Bonchev–Trinajstić information content (AvgIpc) is 2.62. The predicted octanol–water partition coefficient (Wildman–Crippen LogP) is 3.83. The first-order chi connectivity index (χ1) is 12.0. The van der Waals surface area contributed by atoms with E-state index in [9.17, 15) is 14.9 Å². The van der Waals surface area contributed by atoms with Gasteiger partial charge in [-0.05, 0) is 37.6 Å². The number of rotatable bonds is 8. The molecule has 0 aromatic heterocycles. The zero-order chi connectivity index (χ0) is 18.2. The van der Waals surface area contributed by atoms with Gasteiger partial charge in [-0.1, -0.05) is 37.3 Å². The van der Waals surface area contributed by atoms with Crippen LogP contribution in [-0.2, 0) is 11.3 Å². The molecular weight excluding hydrogens is 318 g/mol. The van der Waals surface area contributed by atoms with Crippen molar-refractivity contribution < 1.29 is 9.72 Å². The van der Waals surface area contributed by atoms with Crippen molar-refractivity contribution >= 4 is 17.3 Å². The second-order valence-corrected chi connectivity index (χ2v) is 5.93. The van der Waals surface area contributed by atoms with Crippen LogP contribution in [0.5, 0.6) is 0 Å². The fourth-order valence-electron chi connectivity index (χ4n) is 2.59. The molecule has 1 atom stereocenters. The summed E-state index contributed by atoms with van der Waals surface area (Å²) in [6, 6.07) is 15.5. The highest BCUT2D eigenvalue weighted by atomic mass is 16.6. The molecule has 0 heterocycles. The van der Waals surface area contributed by atoms with Gasteiger partial charge in [0.05, 0.1) is 11.0 Å². The average molecular weight is 341 g/mol. The molecule has 0 aliphatic heterocycles. The molecule has 25 heavy (non-hydrogen) atoms. The smallest absolute Gasteiger partial charge is 0.269 e. The minimum Gasteiger partial charge on any atom is -0.325 e. The van der Waals surface area contributed by atoms with Crippen molar-refractivity contribution in [2.75, 3.05) is 11.9 Å². The Morgan fingerprint density at radius 2 is 1.80 bits per heavy atom. The zero-order valence-corrected chi connectivity index (χ0v) is 14.5. The van der Waals surface area contributed by atoms with Crippen molar-refractivity contribution in [2.24, 2.45) is 0 Å². The van der Waals surface area contributed by atoms with E-state index in [0.717, 1.165) is 24.2 Å². The lowest BCUT2D eigenvalue weighted by atomic mass is 10.1. The molecule has 1 unspecified atom stereocenters.